The summed E-state index contributed by atoms with van der Waals surface area (Å²) in [6.45, 7) is 3.20. The maximum absolute atomic E-state index is 13.3. The van der Waals surface area contributed by atoms with Crippen LogP contribution in [0.5, 0.6) is 0 Å². The predicted octanol–water partition coefficient (Wildman–Crippen LogP) is 3.48. The predicted molar refractivity (Wildman–Crippen MR) is 108 cm³/mol. The molecule has 31 heavy (non-hydrogen) atoms. The first-order valence-electron chi connectivity index (χ1n) is 9.45. The van der Waals surface area contributed by atoms with E-state index in [1.165, 1.54) is 53.0 Å². The van der Waals surface area contributed by atoms with Crippen LogP contribution in [0, 0.1) is 0 Å². The van der Waals surface area contributed by atoms with Gasteiger partial charge in [0.2, 0.25) is 17.8 Å². The third kappa shape index (κ3) is 3.65. The van der Waals surface area contributed by atoms with Gasteiger partial charge < -0.3 is 0 Å². The number of hydrogen-bond donors (Lipinski definition) is 0. The molecule has 0 N–H and O–H groups in total. The molecule has 0 saturated heterocycles. The number of pyridine rings is 1. The number of imidazole rings is 1. The van der Waals surface area contributed by atoms with Crippen molar-refractivity contribution in [3.63, 3.8) is 0 Å². The number of hydrogen-bond acceptors (Lipinski definition) is 4. The van der Waals surface area contributed by atoms with Crippen molar-refractivity contribution in [3.8, 4) is 22.5 Å². The second-order valence-corrected chi connectivity index (χ2v) is 7.05. The van der Waals surface area contributed by atoms with Crippen molar-refractivity contribution >= 4 is 17.8 Å². The normalized spacial score (nSPS) is 13.8. The van der Waals surface area contributed by atoms with Gasteiger partial charge in [0.05, 0.1) is 12.1 Å². The number of carbonyl (C=O) groups is 2. The highest BCUT2D eigenvalue weighted by molar-refractivity contribution is 5.95. The molecule has 0 aliphatic carbocycles. The van der Waals surface area contributed by atoms with E-state index in [0.717, 1.165) is 12.1 Å². The van der Waals surface area contributed by atoms with Crippen LogP contribution >= 0.6 is 0 Å². The van der Waals surface area contributed by atoms with E-state index in [2.05, 4.69) is 9.97 Å². The van der Waals surface area contributed by atoms with Gasteiger partial charge in [-0.3, -0.25) is 19.5 Å². The van der Waals surface area contributed by atoms with Crippen molar-refractivity contribution in [1.82, 2.24) is 14.6 Å². The van der Waals surface area contributed by atoms with E-state index in [-0.39, 0.29) is 42.1 Å². The molecule has 0 spiro atoms. The number of anilines is 1. The minimum atomic E-state index is -4.52. The molecule has 1 aromatic carbocycles. The lowest BCUT2D eigenvalue weighted by Crippen LogP contribution is -2.52. The number of halogens is 3. The number of rotatable bonds is 2. The summed E-state index contributed by atoms with van der Waals surface area (Å²) in [5, 5.41) is 1.43. The van der Waals surface area contributed by atoms with Gasteiger partial charge in [0.15, 0.2) is 0 Å². The Morgan fingerprint density at radius 3 is 2.29 bits per heavy atom. The van der Waals surface area contributed by atoms with E-state index < -0.39 is 11.7 Å². The fraction of sp³-hybridized carbons (Fsp3) is 0.238. The van der Waals surface area contributed by atoms with Gasteiger partial charge in [-0.2, -0.15) is 13.2 Å². The Kier molecular flexibility index (Phi) is 5.00. The molecule has 160 valence electrons. The average Bonchev–Trinajstić information content (AvgIpc) is 3.13. The molecule has 0 bridgehead atoms. The van der Waals surface area contributed by atoms with Crippen molar-refractivity contribution in [3.05, 3.63) is 54.4 Å². The lowest BCUT2D eigenvalue weighted by Gasteiger charge is -2.35. The van der Waals surface area contributed by atoms with Gasteiger partial charge >= 0.3 is 6.18 Å². The molecule has 2 aromatic heterocycles. The minimum absolute atomic E-state index is 0.174. The fourth-order valence-electron chi connectivity index (χ4n) is 3.61. The third-order valence-electron chi connectivity index (χ3n) is 5.02. The number of fused-ring (bicyclic) bond motifs is 1. The van der Waals surface area contributed by atoms with Gasteiger partial charge in [-0.05, 0) is 24.3 Å². The monoisotopic (exact) mass is 429 g/mol. The molecule has 3 heterocycles. The number of alkyl halides is 3. The number of aromatic nitrogens is 3. The van der Waals surface area contributed by atoms with Crippen molar-refractivity contribution in [2.24, 2.45) is 0 Å². The van der Waals surface area contributed by atoms with E-state index in [0.29, 0.717) is 11.3 Å². The first kappa shape index (κ1) is 20.6. The van der Waals surface area contributed by atoms with Crippen molar-refractivity contribution in [1.29, 1.82) is 0 Å². The van der Waals surface area contributed by atoms with Crippen LogP contribution < -0.4 is 9.91 Å². The van der Waals surface area contributed by atoms with Gasteiger partial charge in [0, 0.05) is 43.9 Å². The molecule has 4 rings (SSSR count). The van der Waals surface area contributed by atoms with Gasteiger partial charge in [-0.25, -0.2) is 14.7 Å². The largest absolute Gasteiger partial charge is 0.416 e. The SMILES string of the molecule is CC(=O)N1CCN(C(C)=O)n2c1nc(-c1cccc(C(F)(F)F)c1)c2-c1ccncc1. The molecule has 0 atom stereocenters. The average molecular weight is 429 g/mol. The zero-order valence-electron chi connectivity index (χ0n) is 16.7. The Morgan fingerprint density at radius 2 is 1.68 bits per heavy atom. The quantitative estimate of drug-likeness (QED) is 0.625. The second-order valence-electron chi connectivity index (χ2n) is 7.05. The Balaban J connectivity index is 2.04. The molecule has 0 radical (unpaired) electrons. The van der Waals surface area contributed by atoms with Crippen LogP contribution in [0.3, 0.4) is 0 Å². The Bertz CT molecular complexity index is 1160. The molecule has 1 aliphatic heterocycles. The molecule has 0 unspecified atom stereocenters. The lowest BCUT2D eigenvalue weighted by molar-refractivity contribution is -0.137. The summed E-state index contributed by atoms with van der Waals surface area (Å²) < 4.78 is 41.5. The maximum atomic E-state index is 13.3. The lowest BCUT2D eigenvalue weighted by atomic mass is 10.0. The van der Waals surface area contributed by atoms with Crippen LogP contribution in [0.25, 0.3) is 22.5 Å². The first-order chi connectivity index (χ1) is 14.7. The van der Waals surface area contributed by atoms with Gasteiger partial charge in [0.25, 0.3) is 0 Å². The highest BCUT2D eigenvalue weighted by Gasteiger charge is 2.35. The van der Waals surface area contributed by atoms with Crippen molar-refractivity contribution < 1.29 is 22.8 Å². The van der Waals surface area contributed by atoms with Gasteiger partial charge in [-0.15, -0.1) is 0 Å². The summed E-state index contributed by atoms with van der Waals surface area (Å²) >= 11 is 0. The molecule has 7 nitrogen and oxygen atoms in total. The van der Waals surface area contributed by atoms with Crippen LogP contribution in [0.15, 0.2) is 48.8 Å². The van der Waals surface area contributed by atoms with E-state index in [9.17, 15) is 22.8 Å². The molecule has 2 amide bonds. The summed E-state index contributed by atoms with van der Waals surface area (Å²) in [6, 6.07) is 8.16. The van der Waals surface area contributed by atoms with E-state index >= 15 is 0 Å². The molecule has 3 aromatic rings. The molecule has 0 saturated carbocycles. The zero-order valence-corrected chi connectivity index (χ0v) is 16.7. The molecular weight excluding hydrogens is 411 g/mol. The van der Waals surface area contributed by atoms with Crippen LogP contribution in [0.1, 0.15) is 19.4 Å². The highest BCUT2D eigenvalue weighted by Crippen LogP contribution is 2.39. The second kappa shape index (κ2) is 7.53. The van der Waals surface area contributed by atoms with Crippen LogP contribution in [0.2, 0.25) is 0 Å². The molecule has 1 aliphatic rings. The zero-order chi connectivity index (χ0) is 22.3. The first-order valence-corrected chi connectivity index (χ1v) is 9.45. The molecule has 0 fully saturated rings. The summed E-state index contributed by atoms with van der Waals surface area (Å²) in [5.41, 5.74) is 0.626. The van der Waals surface area contributed by atoms with Crippen LogP contribution in [-0.2, 0) is 15.8 Å². The summed E-state index contributed by atoms with van der Waals surface area (Å²) in [7, 11) is 0. The Morgan fingerprint density at radius 1 is 0.968 bits per heavy atom. The maximum Gasteiger partial charge on any atom is 0.416 e. The fourth-order valence-corrected chi connectivity index (χ4v) is 3.61. The highest BCUT2D eigenvalue weighted by atomic mass is 19.4. The van der Waals surface area contributed by atoms with E-state index in [1.54, 1.807) is 12.1 Å². The third-order valence-corrected chi connectivity index (χ3v) is 5.02. The van der Waals surface area contributed by atoms with E-state index in [4.69, 9.17) is 0 Å². The molecule has 10 heteroatoms. The minimum Gasteiger partial charge on any atom is -0.279 e. The van der Waals surface area contributed by atoms with Gasteiger partial charge in [-0.1, -0.05) is 12.1 Å². The number of carbonyl (C=O) groups excluding carboxylic acids is 2. The Labute approximate surface area is 175 Å². The smallest absolute Gasteiger partial charge is 0.279 e. The molecular formula is C21H18F3N5O2. The number of benzene rings is 1. The van der Waals surface area contributed by atoms with E-state index in [1.807, 2.05) is 0 Å². The van der Waals surface area contributed by atoms with Crippen molar-refractivity contribution in [2.75, 3.05) is 23.0 Å². The Hall–Kier alpha value is -3.69. The van der Waals surface area contributed by atoms with Gasteiger partial charge in [0.1, 0.15) is 11.4 Å². The van der Waals surface area contributed by atoms with Crippen LogP contribution in [0.4, 0.5) is 19.1 Å². The summed E-state index contributed by atoms with van der Waals surface area (Å²) in [6.07, 6.45) is -1.45. The summed E-state index contributed by atoms with van der Waals surface area (Å²) in [4.78, 5) is 34.5. The van der Waals surface area contributed by atoms with Crippen LogP contribution in [-0.4, -0.2) is 39.5 Å². The van der Waals surface area contributed by atoms with Crippen molar-refractivity contribution in [2.45, 2.75) is 20.0 Å². The summed E-state index contributed by atoms with van der Waals surface area (Å²) in [5.74, 6) is -0.396. The topological polar surface area (TPSA) is 71.3 Å². The number of nitrogens with zero attached hydrogens (tertiary/aromatic N) is 5. The standard InChI is InChI=1S/C21H18F3N5O2/c1-13(30)27-10-11-28(14(2)31)29-19(15-6-8-25-9-7-15)18(26-20(27)29)16-4-3-5-17(12-16)21(22,23)24/h3-9,12H,10-11H2,1-2H3. The number of amides is 2.